The summed E-state index contributed by atoms with van der Waals surface area (Å²) in [5, 5.41) is 9.23. The summed E-state index contributed by atoms with van der Waals surface area (Å²) in [6.45, 7) is 0.676. The molecule has 94 valence electrons. The lowest BCUT2D eigenvalue weighted by Crippen LogP contribution is -2.48. The van der Waals surface area contributed by atoms with E-state index in [4.69, 9.17) is 22.6 Å². The van der Waals surface area contributed by atoms with Crippen LogP contribution in [0.4, 0.5) is 5.82 Å². The van der Waals surface area contributed by atoms with Crippen LogP contribution < -0.4 is 10.6 Å². The number of halogens is 1. The fourth-order valence-electron chi connectivity index (χ4n) is 2.20. The van der Waals surface area contributed by atoms with Crippen molar-refractivity contribution in [3.8, 4) is 6.07 Å². The van der Waals surface area contributed by atoms with E-state index in [0.717, 1.165) is 12.8 Å². The Kier molecular flexibility index (Phi) is 3.68. The van der Waals surface area contributed by atoms with Crippen molar-refractivity contribution >= 4 is 23.3 Å². The Hall–Kier alpha value is -1.80. The van der Waals surface area contributed by atoms with Crippen molar-refractivity contribution in [2.75, 3.05) is 11.4 Å². The zero-order valence-corrected chi connectivity index (χ0v) is 10.5. The third-order valence-electron chi connectivity index (χ3n) is 3.09. The molecular formula is C12H13ClN4O. The third-order valence-corrected chi connectivity index (χ3v) is 3.47. The second kappa shape index (κ2) is 5.23. The molecule has 1 aromatic rings. The summed E-state index contributed by atoms with van der Waals surface area (Å²) < 4.78 is 0. The maximum atomic E-state index is 11.4. The van der Waals surface area contributed by atoms with E-state index >= 15 is 0 Å². The Bertz CT molecular complexity index is 511. The maximum absolute atomic E-state index is 11.4. The SMILES string of the molecule is N#Cc1ccnc(N2CCCCC2C(N)=O)c1Cl. The standard InChI is InChI=1S/C12H13ClN4O/c13-10-8(7-14)4-5-16-12(10)17-6-2-1-3-9(17)11(15)18/h4-5,9H,1-3,6H2,(H2,15,18). The molecular weight excluding hydrogens is 252 g/mol. The Balaban J connectivity index is 2.40. The molecule has 1 saturated heterocycles. The summed E-state index contributed by atoms with van der Waals surface area (Å²) in [5.41, 5.74) is 5.76. The van der Waals surface area contributed by atoms with E-state index in [1.54, 1.807) is 11.0 Å². The molecule has 1 atom stereocenters. The molecule has 0 saturated carbocycles. The number of rotatable bonds is 2. The lowest BCUT2D eigenvalue weighted by atomic mass is 10.0. The number of carbonyl (C=O) groups excluding carboxylic acids is 1. The number of aromatic nitrogens is 1. The van der Waals surface area contributed by atoms with Crippen molar-refractivity contribution < 1.29 is 4.79 Å². The average Bonchev–Trinajstić information content (AvgIpc) is 2.39. The smallest absolute Gasteiger partial charge is 0.240 e. The van der Waals surface area contributed by atoms with Crippen molar-refractivity contribution in [2.24, 2.45) is 5.73 Å². The number of piperidine rings is 1. The van der Waals surface area contributed by atoms with Gasteiger partial charge in [0.1, 0.15) is 23.0 Å². The fourth-order valence-corrected chi connectivity index (χ4v) is 2.46. The van der Waals surface area contributed by atoms with Crippen LogP contribution in [-0.2, 0) is 4.79 Å². The zero-order valence-electron chi connectivity index (χ0n) is 9.77. The van der Waals surface area contributed by atoms with E-state index < -0.39 is 6.04 Å². The first-order valence-corrected chi connectivity index (χ1v) is 6.13. The normalized spacial score (nSPS) is 19.3. The van der Waals surface area contributed by atoms with E-state index in [0.29, 0.717) is 24.3 Å². The minimum Gasteiger partial charge on any atom is -0.368 e. The average molecular weight is 265 g/mol. The van der Waals surface area contributed by atoms with Gasteiger partial charge < -0.3 is 10.6 Å². The Morgan fingerprint density at radius 1 is 1.61 bits per heavy atom. The molecule has 2 heterocycles. The number of nitrogens with zero attached hydrogens (tertiary/aromatic N) is 3. The predicted octanol–water partition coefficient (Wildman–Crippen LogP) is 1.45. The van der Waals surface area contributed by atoms with Gasteiger partial charge in [-0.1, -0.05) is 11.6 Å². The molecule has 0 bridgehead atoms. The molecule has 18 heavy (non-hydrogen) atoms. The Morgan fingerprint density at radius 3 is 3.06 bits per heavy atom. The number of primary amides is 1. The molecule has 2 rings (SSSR count). The van der Waals surface area contributed by atoms with Gasteiger partial charge in [-0.05, 0) is 25.3 Å². The zero-order chi connectivity index (χ0) is 13.1. The molecule has 1 aromatic heterocycles. The van der Waals surface area contributed by atoms with E-state index in [9.17, 15) is 4.79 Å². The summed E-state index contributed by atoms with van der Waals surface area (Å²) in [6, 6.07) is 3.16. The predicted molar refractivity (Wildman–Crippen MR) is 68.1 cm³/mol. The van der Waals surface area contributed by atoms with Gasteiger partial charge in [-0.2, -0.15) is 5.26 Å². The lowest BCUT2D eigenvalue weighted by Gasteiger charge is -2.35. The van der Waals surface area contributed by atoms with Crippen molar-refractivity contribution in [2.45, 2.75) is 25.3 Å². The van der Waals surface area contributed by atoms with Crippen molar-refractivity contribution in [3.63, 3.8) is 0 Å². The van der Waals surface area contributed by atoms with Gasteiger partial charge in [0.15, 0.2) is 0 Å². The quantitative estimate of drug-likeness (QED) is 0.876. The van der Waals surface area contributed by atoms with E-state index in [1.165, 1.54) is 6.20 Å². The molecule has 0 spiro atoms. The van der Waals surface area contributed by atoms with Gasteiger partial charge >= 0.3 is 0 Å². The van der Waals surface area contributed by atoms with Gasteiger partial charge in [-0.3, -0.25) is 4.79 Å². The van der Waals surface area contributed by atoms with Gasteiger partial charge in [0.2, 0.25) is 5.91 Å². The molecule has 5 nitrogen and oxygen atoms in total. The van der Waals surface area contributed by atoms with Crippen molar-refractivity contribution in [3.05, 3.63) is 22.8 Å². The minimum absolute atomic E-state index is 0.285. The van der Waals surface area contributed by atoms with Gasteiger partial charge in [0.05, 0.1) is 5.56 Å². The molecule has 1 amide bonds. The molecule has 2 N–H and O–H groups in total. The molecule has 1 fully saturated rings. The first kappa shape index (κ1) is 12.7. The lowest BCUT2D eigenvalue weighted by molar-refractivity contribution is -0.119. The second-order valence-corrected chi connectivity index (χ2v) is 4.59. The van der Waals surface area contributed by atoms with E-state index in [1.807, 2.05) is 6.07 Å². The maximum Gasteiger partial charge on any atom is 0.240 e. The Morgan fingerprint density at radius 2 is 2.39 bits per heavy atom. The number of hydrogen-bond acceptors (Lipinski definition) is 4. The van der Waals surface area contributed by atoms with Gasteiger partial charge in [-0.15, -0.1) is 0 Å². The summed E-state index contributed by atoms with van der Waals surface area (Å²) in [7, 11) is 0. The van der Waals surface area contributed by atoms with E-state index in [-0.39, 0.29) is 10.9 Å². The highest BCUT2D eigenvalue weighted by Gasteiger charge is 2.29. The topological polar surface area (TPSA) is 83.0 Å². The van der Waals surface area contributed by atoms with Gasteiger partial charge in [-0.25, -0.2) is 4.98 Å². The molecule has 0 aromatic carbocycles. The van der Waals surface area contributed by atoms with Crippen LogP contribution in [0.25, 0.3) is 0 Å². The first-order chi connectivity index (χ1) is 8.65. The number of amides is 1. The number of anilines is 1. The highest BCUT2D eigenvalue weighted by Crippen LogP contribution is 2.31. The molecule has 1 aliphatic heterocycles. The third kappa shape index (κ3) is 2.24. The summed E-state index contributed by atoms with van der Waals surface area (Å²) in [6.07, 6.45) is 4.13. The van der Waals surface area contributed by atoms with E-state index in [2.05, 4.69) is 4.98 Å². The number of nitriles is 1. The highest BCUT2D eigenvalue weighted by atomic mass is 35.5. The van der Waals surface area contributed by atoms with Crippen LogP contribution in [0.1, 0.15) is 24.8 Å². The van der Waals surface area contributed by atoms with Crippen LogP contribution in [0.2, 0.25) is 5.02 Å². The summed E-state index contributed by atoms with van der Waals surface area (Å²) >= 11 is 6.13. The first-order valence-electron chi connectivity index (χ1n) is 5.75. The van der Waals surface area contributed by atoms with Crippen LogP contribution in [0.15, 0.2) is 12.3 Å². The van der Waals surface area contributed by atoms with Gasteiger partial charge in [0, 0.05) is 12.7 Å². The monoisotopic (exact) mass is 264 g/mol. The van der Waals surface area contributed by atoms with Crippen LogP contribution in [-0.4, -0.2) is 23.5 Å². The summed E-state index contributed by atoms with van der Waals surface area (Å²) in [5.74, 6) is 0.0918. The van der Waals surface area contributed by atoms with Crippen LogP contribution in [0.3, 0.4) is 0 Å². The second-order valence-electron chi connectivity index (χ2n) is 4.22. The number of pyridine rings is 1. The van der Waals surface area contributed by atoms with Crippen molar-refractivity contribution in [1.29, 1.82) is 5.26 Å². The fraction of sp³-hybridized carbons (Fsp3) is 0.417. The molecule has 0 radical (unpaired) electrons. The minimum atomic E-state index is -0.391. The number of hydrogen-bond donors (Lipinski definition) is 1. The van der Waals surface area contributed by atoms with Crippen LogP contribution >= 0.6 is 11.6 Å². The van der Waals surface area contributed by atoms with Crippen LogP contribution in [0, 0.1) is 11.3 Å². The molecule has 0 aliphatic carbocycles. The van der Waals surface area contributed by atoms with Crippen molar-refractivity contribution in [1.82, 2.24) is 4.98 Å². The largest absolute Gasteiger partial charge is 0.368 e. The summed E-state index contributed by atoms with van der Waals surface area (Å²) in [4.78, 5) is 17.4. The Labute approximate surface area is 110 Å². The molecule has 6 heteroatoms. The molecule has 1 aliphatic rings. The van der Waals surface area contributed by atoms with Gasteiger partial charge in [0.25, 0.3) is 0 Å². The van der Waals surface area contributed by atoms with Crippen LogP contribution in [0.5, 0.6) is 0 Å². The number of nitrogens with two attached hydrogens (primary N) is 1. The molecule has 1 unspecified atom stereocenters. The highest BCUT2D eigenvalue weighted by molar-refractivity contribution is 6.34. The number of carbonyl (C=O) groups is 1.